The van der Waals surface area contributed by atoms with Gasteiger partial charge in [0.1, 0.15) is 5.67 Å². The van der Waals surface area contributed by atoms with Crippen LogP contribution < -0.4 is 0 Å². The summed E-state index contributed by atoms with van der Waals surface area (Å²) in [4.78, 5) is -0.215. The van der Waals surface area contributed by atoms with E-state index in [0.717, 1.165) is 25.7 Å². The molecule has 0 nitrogen and oxygen atoms in total. The number of rotatable bonds is 0. The smallest absolute Gasteiger partial charge is 0.113 e. The number of hydrogen-bond acceptors (Lipinski definition) is 0. The van der Waals surface area contributed by atoms with Gasteiger partial charge in [-0.2, -0.15) is 0 Å². The second-order valence-corrected chi connectivity index (χ2v) is 7.79. The predicted molar refractivity (Wildman–Crippen MR) is 56.3 cm³/mol. The molecule has 0 aromatic rings. The van der Waals surface area contributed by atoms with Crippen molar-refractivity contribution in [2.24, 2.45) is 10.8 Å². The maximum absolute atomic E-state index is 14.5. The van der Waals surface area contributed by atoms with Crippen LogP contribution in [-0.2, 0) is 0 Å². The molecule has 0 aliphatic heterocycles. The second-order valence-electron chi connectivity index (χ2n) is 6.98. The highest BCUT2D eigenvalue weighted by molar-refractivity contribution is 6.24. The first-order chi connectivity index (χ1) is 6.24. The van der Waals surface area contributed by atoms with Crippen LogP contribution in [0.25, 0.3) is 0 Å². The maximum Gasteiger partial charge on any atom is 0.113 e. The molecule has 4 rings (SSSR count). The quantitative estimate of drug-likeness (QED) is 0.536. The van der Waals surface area contributed by atoms with Gasteiger partial charge < -0.3 is 0 Å². The van der Waals surface area contributed by atoms with Gasteiger partial charge in [0, 0.05) is 11.3 Å². The molecule has 4 aliphatic carbocycles. The average Bonchev–Trinajstić information content (AvgIpc) is 1.67. The lowest BCUT2D eigenvalue weighted by atomic mass is 9.44. The summed E-state index contributed by atoms with van der Waals surface area (Å²) < 4.78 is 14.5. The van der Waals surface area contributed by atoms with Gasteiger partial charge in [-0.1, -0.05) is 13.8 Å². The zero-order valence-corrected chi connectivity index (χ0v) is 9.75. The van der Waals surface area contributed by atoms with E-state index in [9.17, 15) is 4.39 Å². The summed E-state index contributed by atoms with van der Waals surface area (Å²) in [5.41, 5.74) is -0.583. The standard InChI is InChI=1S/C12H18ClF/c1-9-3-10(2)5-11(13,4-9)8-12(14,6-9)7-10/h3-8H2,1-2H3. The summed E-state index contributed by atoms with van der Waals surface area (Å²) in [6.45, 7) is 4.46. The third-order valence-electron chi connectivity index (χ3n) is 4.46. The Kier molecular flexibility index (Phi) is 1.46. The van der Waals surface area contributed by atoms with Gasteiger partial charge in [-0.3, -0.25) is 0 Å². The zero-order chi connectivity index (χ0) is 10.2. The van der Waals surface area contributed by atoms with Gasteiger partial charge in [-0.15, -0.1) is 11.6 Å². The third-order valence-corrected chi connectivity index (χ3v) is 4.86. The number of halogens is 2. The Labute approximate surface area is 90.2 Å². The molecule has 0 saturated heterocycles. The monoisotopic (exact) mass is 216 g/mol. The van der Waals surface area contributed by atoms with Crippen molar-refractivity contribution in [3.05, 3.63) is 0 Å². The molecule has 0 spiro atoms. The second kappa shape index (κ2) is 2.16. The molecule has 4 aliphatic rings. The summed E-state index contributed by atoms with van der Waals surface area (Å²) >= 11 is 6.56. The van der Waals surface area contributed by atoms with Gasteiger partial charge in [0.05, 0.1) is 0 Å². The highest BCUT2D eigenvalue weighted by atomic mass is 35.5. The van der Waals surface area contributed by atoms with Gasteiger partial charge >= 0.3 is 0 Å². The van der Waals surface area contributed by atoms with Crippen molar-refractivity contribution in [3.63, 3.8) is 0 Å². The SMILES string of the molecule is CC12CC3(C)CC(F)(C1)CC(Cl)(C2)C3. The zero-order valence-electron chi connectivity index (χ0n) is 9.00. The summed E-state index contributed by atoms with van der Waals surface area (Å²) in [7, 11) is 0. The van der Waals surface area contributed by atoms with Crippen LogP contribution in [0.3, 0.4) is 0 Å². The minimum Gasteiger partial charge on any atom is -0.244 e. The first-order valence-corrected chi connectivity index (χ1v) is 6.00. The van der Waals surface area contributed by atoms with Crippen LogP contribution in [0.1, 0.15) is 52.4 Å². The molecule has 4 fully saturated rings. The van der Waals surface area contributed by atoms with Crippen LogP contribution in [0, 0.1) is 10.8 Å². The topological polar surface area (TPSA) is 0 Å². The van der Waals surface area contributed by atoms with Crippen molar-refractivity contribution in [2.75, 3.05) is 0 Å². The van der Waals surface area contributed by atoms with E-state index in [0.29, 0.717) is 6.42 Å². The molecule has 2 atom stereocenters. The fourth-order valence-electron chi connectivity index (χ4n) is 5.41. The highest BCUT2D eigenvalue weighted by Crippen LogP contribution is 2.70. The van der Waals surface area contributed by atoms with Crippen molar-refractivity contribution in [1.29, 1.82) is 0 Å². The Morgan fingerprint density at radius 1 is 0.857 bits per heavy atom. The molecule has 0 N–H and O–H groups in total. The summed E-state index contributed by atoms with van der Waals surface area (Å²) in [6, 6.07) is 0. The Hall–Kier alpha value is 0.220. The Balaban J connectivity index is 2.08. The Bertz CT molecular complexity index is 203. The lowest BCUT2D eigenvalue weighted by molar-refractivity contribution is -0.144. The first-order valence-electron chi connectivity index (χ1n) is 5.62. The van der Waals surface area contributed by atoms with E-state index >= 15 is 0 Å². The van der Waals surface area contributed by atoms with Gasteiger partial charge in [0.2, 0.25) is 0 Å². The van der Waals surface area contributed by atoms with Gasteiger partial charge in [0.15, 0.2) is 0 Å². The van der Waals surface area contributed by atoms with Crippen molar-refractivity contribution in [2.45, 2.75) is 62.9 Å². The third kappa shape index (κ3) is 1.17. The van der Waals surface area contributed by atoms with Gasteiger partial charge in [0.25, 0.3) is 0 Å². The van der Waals surface area contributed by atoms with Crippen molar-refractivity contribution >= 4 is 11.6 Å². The molecule has 4 saturated carbocycles. The predicted octanol–water partition coefficient (Wildman–Crippen LogP) is 4.07. The van der Waals surface area contributed by atoms with Crippen LogP contribution in [0.15, 0.2) is 0 Å². The molecule has 4 bridgehead atoms. The van der Waals surface area contributed by atoms with Gasteiger partial charge in [-0.25, -0.2) is 4.39 Å². The van der Waals surface area contributed by atoms with E-state index in [1.165, 1.54) is 6.42 Å². The van der Waals surface area contributed by atoms with Crippen LogP contribution in [0.4, 0.5) is 4.39 Å². The normalized spacial score (nSPS) is 66.0. The summed E-state index contributed by atoms with van der Waals surface area (Å²) in [5.74, 6) is 0. The Morgan fingerprint density at radius 3 is 1.71 bits per heavy atom. The lowest BCUT2D eigenvalue weighted by Gasteiger charge is -2.65. The molecule has 0 amide bonds. The molecule has 2 unspecified atom stereocenters. The largest absolute Gasteiger partial charge is 0.244 e. The van der Waals surface area contributed by atoms with Crippen LogP contribution in [0.5, 0.6) is 0 Å². The minimum absolute atomic E-state index is 0.181. The van der Waals surface area contributed by atoms with E-state index in [2.05, 4.69) is 13.8 Å². The van der Waals surface area contributed by atoms with Crippen LogP contribution in [0.2, 0.25) is 0 Å². The van der Waals surface area contributed by atoms with E-state index in [4.69, 9.17) is 11.6 Å². The van der Waals surface area contributed by atoms with Crippen molar-refractivity contribution < 1.29 is 4.39 Å². The highest BCUT2D eigenvalue weighted by Gasteiger charge is 2.65. The molecule has 80 valence electrons. The van der Waals surface area contributed by atoms with Gasteiger partial charge in [-0.05, 0) is 42.9 Å². The van der Waals surface area contributed by atoms with E-state index in [1.54, 1.807) is 0 Å². The van der Waals surface area contributed by atoms with Crippen LogP contribution in [-0.4, -0.2) is 10.5 Å². The van der Waals surface area contributed by atoms with Crippen molar-refractivity contribution in [3.8, 4) is 0 Å². The lowest BCUT2D eigenvalue weighted by Crippen LogP contribution is -2.62. The van der Waals surface area contributed by atoms with Crippen LogP contribution >= 0.6 is 11.6 Å². The fourth-order valence-corrected chi connectivity index (χ4v) is 6.29. The molecule has 0 aromatic heterocycles. The molecular formula is C12H18ClF. The molecule has 14 heavy (non-hydrogen) atoms. The molecular weight excluding hydrogens is 199 g/mol. The van der Waals surface area contributed by atoms with E-state index in [1.807, 2.05) is 0 Å². The van der Waals surface area contributed by atoms with Crippen molar-refractivity contribution in [1.82, 2.24) is 0 Å². The molecule has 2 heteroatoms. The molecule has 0 heterocycles. The summed E-state index contributed by atoms with van der Waals surface area (Å²) in [5, 5.41) is 0. The molecule has 0 radical (unpaired) electrons. The van der Waals surface area contributed by atoms with E-state index < -0.39 is 5.67 Å². The number of alkyl halides is 2. The summed E-state index contributed by atoms with van der Waals surface area (Å²) in [6.07, 6.45) is 5.35. The maximum atomic E-state index is 14.5. The first kappa shape index (κ1) is 9.45. The average molecular weight is 217 g/mol. The van der Waals surface area contributed by atoms with E-state index in [-0.39, 0.29) is 15.7 Å². The molecule has 0 aromatic carbocycles. The number of hydrogen-bond donors (Lipinski definition) is 0. The minimum atomic E-state index is -0.944. The fraction of sp³-hybridized carbons (Fsp3) is 1.00. The Morgan fingerprint density at radius 2 is 1.36 bits per heavy atom.